The van der Waals surface area contributed by atoms with Crippen molar-refractivity contribution in [1.29, 1.82) is 0 Å². The van der Waals surface area contributed by atoms with E-state index in [1.165, 1.54) is 13.4 Å². The highest BCUT2D eigenvalue weighted by atomic mass is 35.5. The number of hydrogen-bond donors (Lipinski definition) is 3. The van der Waals surface area contributed by atoms with Crippen molar-refractivity contribution in [2.45, 2.75) is 0 Å². The fourth-order valence-corrected chi connectivity index (χ4v) is 2.71. The monoisotopic (exact) mass is 403 g/mol. The van der Waals surface area contributed by atoms with Crippen LogP contribution in [0.3, 0.4) is 0 Å². The Kier molecular flexibility index (Phi) is 5.63. The van der Waals surface area contributed by atoms with Gasteiger partial charge in [-0.25, -0.2) is 14.8 Å². The summed E-state index contributed by atoms with van der Waals surface area (Å²) in [4.78, 5) is 19.8. The highest BCUT2D eigenvalue weighted by Gasteiger charge is 2.11. The van der Waals surface area contributed by atoms with Crippen LogP contribution in [-0.4, -0.2) is 23.0 Å². The molecule has 0 aliphatic heterocycles. The molecule has 0 radical (unpaired) electrons. The molecule has 9 heteroatoms. The van der Waals surface area contributed by atoms with Crippen molar-refractivity contribution in [3.63, 3.8) is 0 Å². The number of esters is 1. The Hall–Kier alpha value is -3.03. The zero-order valence-corrected chi connectivity index (χ0v) is 15.7. The molecule has 3 rings (SSSR count). The maximum Gasteiger partial charge on any atom is 0.337 e. The van der Waals surface area contributed by atoms with Crippen LogP contribution >= 0.6 is 23.2 Å². The van der Waals surface area contributed by atoms with E-state index in [0.717, 1.165) is 0 Å². The fraction of sp³-hybridized carbons (Fsp3) is 0.0556. The fourth-order valence-electron chi connectivity index (χ4n) is 2.26. The lowest BCUT2D eigenvalue weighted by Crippen LogP contribution is -2.06. The number of benzene rings is 2. The third kappa shape index (κ3) is 4.39. The Morgan fingerprint density at radius 1 is 1.04 bits per heavy atom. The van der Waals surface area contributed by atoms with Crippen LogP contribution in [0, 0.1) is 0 Å². The summed E-state index contributed by atoms with van der Waals surface area (Å²) in [5.74, 6) is 0.390. The number of nitrogens with one attached hydrogen (secondary N) is 2. The Morgan fingerprint density at radius 2 is 1.70 bits per heavy atom. The lowest BCUT2D eigenvalue weighted by molar-refractivity contribution is 0.0601. The van der Waals surface area contributed by atoms with Crippen LogP contribution in [0.2, 0.25) is 10.0 Å². The smallest absolute Gasteiger partial charge is 0.337 e. The van der Waals surface area contributed by atoms with Crippen molar-refractivity contribution in [1.82, 2.24) is 9.97 Å². The van der Waals surface area contributed by atoms with E-state index in [1.807, 2.05) is 0 Å². The molecule has 7 nitrogen and oxygen atoms in total. The molecule has 0 unspecified atom stereocenters. The first-order chi connectivity index (χ1) is 13.0. The average Bonchev–Trinajstić information content (AvgIpc) is 2.67. The van der Waals surface area contributed by atoms with Gasteiger partial charge in [0.15, 0.2) is 11.6 Å². The number of halogens is 2. The zero-order valence-electron chi connectivity index (χ0n) is 14.2. The predicted octanol–water partition coefficient (Wildman–Crippen LogP) is 4.64. The molecule has 0 atom stereocenters. The molecule has 27 heavy (non-hydrogen) atoms. The van der Waals surface area contributed by atoms with Gasteiger partial charge in [0, 0.05) is 10.7 Å². The summed E-state index contributed by atoms with van der Waals surface area (Å²) in [6.07, 6.45) is 1.37. The summed E-state index contributed by atoms with van der Waals surface area (Å²) in [5, 5.41) is 7.11. The number of aromatic nitrogens is 2. The van der Waals surface area contributed by atoms with Gasteiger partial charge in [-0.1, -0.05) is 23.2 Å². The minimum atomic E-state index is -0.408. The Morgan fingerprint density at radius 3 is 2.33 bits per heavy atom. The predicted molar refractivity (Wildman–Crippen MR) is 107 cm³/mol. The third-order valence-electron chi connectivity index (χ3n) is 3.64. The normalized spacial score (nSPS) is 10.3. The first kappa shape index (κ1) is 18.8. The summed E-state index contributed by atoms with van der Waals surface area (Å²) >= 11 is 12.1. The van der Waals surface area contributed by atoms with Crippen LogP contribution in [0.25, 0.3) is 0 Å². The molecule has 138 valence electrons. The molecular weight excluding hydrogens is 389 g/mol. The molecule has 0 aliphatic carbocycles. The van der Waals surface area contributed by atoms with E-state index in [1.54, 1.807) is 42.5 Å². The molecule has 4 N–H and O–H groups in total. The van der Waals surface area contributed by atoms with Gasteiger partial charge in [0.05, 0.1) is 23.4 Å². The third-order valence-corrected chi connectivity index (χ3v) is 4.18. The zero-order chi connectivity index (χ0) is 19.4. The number of nitrogens with two attached hydrogens (primary N) is 1. The molecule has 0 amide bonds. The molecule has 3 aromatic rings. The van der Waals surface area contributed by atoms with Crippen molar-refractivity contribution in [2.24, 2.45) is 0 Å². The molecule has 0 fully saturated rings. The highest BCUT2D eigenvalue weighted by molar-refractivity contribution is 6.36. The minimum Gasteiger partial charge on any atom is -0.465 e. The van der Waals surface area contributed by atoms with Crippen LogP contribution in [0.1, 0.15) is 10.4 Å². The van der Waals surface area contributed by atoms with Crippen LogP contribution < -0.4 is 16.4 Å². The van der Waals surface area contributed by atoms with Gasteiger partial charge in [0.2, 0.25) is 0 Å². The van der Waals surface area contributed by atoms with E-state index in [2.05, 4.69) is 25.3 Å². The largest absolute Gasteiger partial charge is 0.465 e. The SMILES string of the molecule is COC(=O)c1ccc(Nc2ncnc(Nc3ccc(Cl)cc3Cl)c2N)cc1. The number of carbonyl (C=O) groups excluding carboxylic acids is 1. The highest BCUT2D eigenvalue weighted by Crippen LogP contribution is 2.32. The second-order valence-electron chi connectivity index (χ2n) is 5.43. The van der Waals surface area contributed by atoms with Gasteiger partial charge in [-0.2, -0.15) is 0 Å². The first-order valence-electron chi connectivity index (χ1n) is 7.76. The van der Waals surface area contributed by atoms with Crippen molar-refractivity contribution in [3.8, 4) is 0 Å². The second-order valence-corrected chi connectivity index (χ2v) is 6.27. The van der Waals surface area contributed by atoms with E-state index >= 15 is 0 Å². The molecular formula is C18H15Cl2N5O2. The topological polar surface area (TPSA) is 102 Å². The van der Waals surface area contributed by atoms with Crippen molar-refractivity contribution < 1.29 is 9.53 Å². The van der Waals surface area contributed by atoms with Gasteiger partial charge in [0.25, 0.3) is 0 Å². The maximum absolute atomic E-state index is 11.5. The van der Waals surface area contributed by atoms with Gasteiger partial charge >= 0.3 is 5.97 Å². The van der Waals surface area contributed by atoms with E-state index < -0.39 is 5.97 Å². The number of carbonyl (C=O) groups is 1. The summed E-state index contributed by atoms with van der Waals surface area (Å²) in [7, 11) is 1.33. The number of ether oxygens (including phenoxy) is 1. The molecule has 2 aromatic carbocycles. The van der Waals surface area contributed by atoms with Crippen molar-refractivity contribution in [2.75, 3.05) is 23.5 Å². The molecule has 0 spiro atoms. The molecule has 0 aliphatic rings. The lowest BCUT2D eigenvalue weighted by atomic mass is 10.2. The Balaban J connectivity index is 1.81. The van der Waals surface area contributed by atoms with Crippen LogP contribution in [0.15, 0.2) is 48.8 Å². The Labute approximate surface area is 165 Å². The van der Waals surface area contributed by atoms with Crippen LogP contribution in [0.5, 0.6) is 0 Å². The summed E-state index contributed by atoms with van der Waals surface area (Å²) < 4.78 is 4.68. The molecule has 0 saturated carbocycles. The minimum absolute atomic E-state index is 0.306. The molecule has 0 bridgehead atoms. The van der Waals surface area contributed by atoms with Gasteiger partial charge < -0.3 is 21.1 Å². The van der Waals surface area contributed by atoms with Gasteiger partial charge in [-0.15, -0.1) is 0 Å². The van der Waals surface area contributed by atoms with Crippen LogP contribution in [0.4, 0.5) is 28.7 Å². The Bertz CT molecular complexity index is 980. The lowest BCUT2D eigenvalue weighted by Gasteiger charge is -2.13. The number of anilines is 5. The first-order valence-corrected chi connectivity index (χ1v) is 8.51. The number of hydrogen-bond acceptors (Lipinski definition) is 7. The summed E-state index contributed by atoms with van der Waals surface area (Å²) in [5.41, 5.74) is 8.22. The quantitative estimate of drug-likeness (QED) is 0.533. The van der Waals surface area contributed by atoms with Gasteiger partial charge in [-0.05, 0) is 42.5 Å². The van der Waals surface area contributed by atoms with E-state index in [9.17, 15) is 4.79 Å². The molecule has 1 heterocycles. The van der Waals surface area contributed by atoms with Crippen LogP contribution in [-0.2, 0) is 4.74 Å². The molecule has 0 saturated heterocycles. The summed E-state index contributed by atoms with van der Waals surface area (Å²) in [6, 6.07) is 11.8. The molecule has 1 aromatic heterocycles. The van der Waals surface area contributed by atoms with Gasteiger partial charge in [-0.3, -0.25) is 0 Å². The summed E-state index contributed by atoms with van der Waals surface area (Å²) in [6.45, 7) is 0. The maximum atomic E-state index is 11.5. The van der Waals surface area contributed by atoms with Crippen molar-refractivity contribution >= 4 is 57.9 Å². The average molecular weight is 404 g/mol. The van der Waals surface area contributed by atoms with E-state index in [-0.39, 0.29) is 0 Å². The number of methoxy groups -OCH3 is 1. The number of nitrogen functional groups attached to an aromatic ring is 1. The number of rotatable bonds is 5. The standard InChI is InChI=1S/C18H15Cl2N5O2/c1-27-18(26)10-2-5-12(6-3-10)24-16-15(21)17(23-9-22-16)25-14-7-4-11(19)8-13(14)20/h2-9H,21H2,1H3,(H2,22,23,24,25). The van der Waals surface area contributed by atoms with Crippen molar-refractivity contribution in [3.05, 3.63) is 64.4 Å². The number of nitrogens with zero attached hydrogens (tertiary/aromatic N) is 2. The van der Waals surface area contributed by atoms with Gasteiger partial charge in [0.1, 0.15) is 12.0 Å². The van der Waals surface area contributed by atoms with E-state index in [0.29, 0.717) is 44.3 Å². The second kappa shape index (κ2) is 8.11. The van der Waals surface area contributed by atoms with E-state index in [4.69, 9.17) is 28.9 Å².